The van der Waals surface area contributed by atoms with Gasteiger partial charge in [0.2, 0.25) is 0 Å². The van der Waals surface area contributed by atoms with Gasteiger partial charge in [0, 0.05) is 5.70 Å². The Morgan fingerprint density at radius 3 is 2.20 bits per heavy atom. The molecule has 0 bridgehead atoms. The smallest absolute Gasteiger partial charge is 0.152 e. The van der Waals surface area contributed by atoms with Gasteiger partial charge in [-0.3, -0.25) is 4.79 Å². The molecule has 1 saturated carbocycles. The maximum absolute atomic E-state index is 11.7. The second kappa shape index (κ2) is 4.82. The topological polar surface area (TPSA) is 29.1 Å². The Balaban J connectivity index is 2.76. The maximum Gasteiger partial charge on any atom is 0.152 e. The Morgan fingerprint density at radius 1 is 1.27 bits per heavy atom. The molecule has 1 N–H and O–H groups in total. The maximum atomic E-state index is 11.7. The number of allylic oxidation sites excluding steroid dienone is 1. The van der Waals surface area contributed by atoms with Crippen molar-refractivity contribution in [3.8, 4) is 0 Å². The van der Waals surface area contributed by atoms with E-state index >= 15 is 0 Å². The van der Waals surface area contributed by atoms with E-state index in [-0.39, 0.29) is 17.2 Å². The number of rotatable bonds is 4. The average molecular weight is 209 g/mol. The summed E-state index contributed by atoms with van der Waals surface area (Å²) in [5.41, 5.74) is 1.02. The van der Waals surface area contributed by atoms with Gasteiger partial charge in [0.05, 0.1) is 6.04 Å². The van der Waals surface area contributed by atoms with E-state index in [1.165, 1.54) is 19.3 Å². The summed E-state index contributed by atoms with van der Waals surface area (Å²) >= 11 is 0. The first-order chi connectivity index (χ1) is 6.96. The molecule has 86 valence electrons. The molecule has 0 heterocycles. The predicted molar refractivity (Wildman–Crippen MR) is 63.6 cm³/mol. The molecule has 1 aliphatic rings. The number of ketones is 1. The van der Waals surface area contributed by atoms with Crippen LogP contribution in [0, 0.1) is 5.41 Å². The van der Waals surface area contributed by atoms with Crippen LogP contribution in [-0.2, 0) is 4.79 Å². The highest BCUT2D eigenvalue weighted by atomic mass is 16.1. The molecular weight excluding hydrogens is 186 g/mol. The van der Waals surface area contributed by atoms with Gasteiger partial charge in [-0.1, -0.05) is 32.8 Å². The summed E-state index contributed by atoms with van der Waals surface area (Å²) in [5, 5.41) is 3.25. The molecule has 0 aromatic heterocycles. The minimum atomic E-state index is -0.0460. The summed E-state index contributed by atoms with van der Waals surface area (Å²) < 4.78 is 0. The molecule has 0 aromatic rings. The van der Waals surface area contributed by atoms with Crippen molar-refractivity contribution in [3.63, 3.8) is 0 Å². The van der Waals surface area contributed by atoms with Crippen LogP contribution in [-0.4, -0.2) is 11.8 Å². The summed E-state index contributed by atoms with van der Waals surface area (Å²) in [4.78, 5) is 11.7. The highest BCUT2D eigenvalue weighted by molar-refractivity contribution is 5.82. The van der Waals surface area contributed by atoms with Crippen LogP contribution in [0.5, 0.6) is 0 Å². The van der Waals surface area contributed by atoms with Gasteiger partial charge in [0.1, 0.15) is 0 Å². The lowest BCUT2D eigenvalue weighted by atomic mass is 9.69. The Labute approximate surface area is 93.1 Å². The van der Waals surface area contributed by atoms with Crippen molar-refractivity contribution in [3.05, 3.63) is 12.3 Å². The molecule has 0 radical (unpaired) electrons. The number of hydrogen-bond donors (Lipinski definition) is 1. The van der Waals surface area contributed by atoms with E-state index < -0.39 is 0 Å². The van der Waals surface area contributed by atoms with Crippen molar-refractivity contribution in [2.75, 3.05) is 0 Å². The number of Topliss-reactive ketones (excluding diaryl/α,β-unsaturated/α-hetero) is 1. The highest BCUT2D eigenvalue weighted by Gasteiger charge is 2.37. The Bertz CT molecular complexity index is 251. The third-order valence-corrected chi connectivity index (χ3v) is 3.49. The first kappa shape index (κ1) is 12.3. The van der Waals surface area contributed by atoms with Crippen LogP contribution in [0.3, 0.4) is 0 Å². The normalized spacial score (nSPS) is 21.8. The molecule has 1 rings (SSSR count). The summed E-state index contributed by atoms with van der Waals surface area (Å²) in [6, 6.07) is -0.0460. The zero-order valence-electron chi connectivity index (χ0n) is 10.2. The molecule has 0 aromatic carbocycles. The van der Waals surface area contributed by atoms with Gasteiger partial charge in [0.25, 0.3) is 0 Å². The van der Waals surface area contributed by atoms with E-state index in [2.05, 4.69) is 18.8 Å². The molecule has 2 heteroatoms. The fourth-order valence-corrected chi connectivity index (χ4v) is 2.66. The Kier molecular flexibility index (Phi) is 3.95. The summed E-state index contributed by atoms with van der Waals surface area (Å²) in [6.07, 6.45) is 6.11. The largest absolute Gasteiger partial charge is 0.379 e. The highest BCUT2D eigenvalue weighted by Crippen LogP contribution is 2.39. The van der Waals surface area contributed by atoms with Gasteiger partial charge in [-0.2, -0.15) is 0 Å². The van der Waals surface area contributed by atoms with Crippen LogP contribution in [0.4, 0.5) is 0 Å². The van der Waals surface area contributed by atoms with Crippen LogP contribution in [0.1, 0.15) is 52.9 Å². The van der Waals surface area contributed by atoms with Crippen LogP contribution >= 0.6 is 0 Å². The van der Waals surface area contributed by atoms with E-state index in [0.29, 0.717) is 0 Å². The Hall–Kier alpha value is -0.790. The second-order valence-corrected chi connectivity index (χ2v) is 5.18. The molecular formula is C13H23NO. The van der Waals surface area contributed by atoms with Crippen molar-refractivity contribution in [1.29, 1.82) is 0 Å². The lowest BCUT2D eigenvalue weighted by Gasteiger charge is -2.40. The van der Waals surface area contributed by atoms with Crippen molar-refractivity contribution < 1.29 is 4.79 Å². The number of carbonyl (C=O) groups is 1. The second-order valence-electron chi connectivity index (χ2n) is 5.18. The van der Waals surface area contributed by atoms with Gasteiger partial charge >= 0.3 is 0 Å². The van der Waals surface area contributed by atoms with E-state index in [0.717, 1.165) is 18.5 Å². The molecule has 2 nitrogen and oxygen atoms in total. The third kappa shape index (κ3) is 3.08. The summed E-state index contributed by atoms with van der Waals surface area (Å²) in [7, 11) is 0. The van der Waals surface area contributed by atoms with Crippen LogP contribution in [0.15, 0.2) is 12.3 Å². The zero-order chi connectivity index (χ0) is 11.5. The number of nitrogens with one attached hydrogen (secondary N) is 1. The van der Waals surface area contributed by atoms with Crippen molar-refractivity contribution in [1.82, 2.24) is 5.32 Å². The monoisotopic (exact) mass is 209 g/mol. The SMILES string of the molecule is C=C(C)NC(C(C)=O)C1(C)CCCCC1. The van der Waals surface area contributed by atoms with E-state index in [9.17, 15) is 4.79 Å². The molecule has 0 spiro atoms. The van der Waals surface area contributed by atoms with Gasteiger partial charge in [-0.25, -0.2) is 0 Å². The fraction of sp³-hybridized carbons (Fsp3) is 0.769. The molecule has 15 heavy (non-hydrogen) atoms. The third-order valence-electron chi connectivity index (χ3n) is 3.49. The van der Waals surface area contributed by atoms with Crippen molar-refractivity contribution in [2.45, 2.75) is 58.9 Å². The lowest BCUT2D eigenvalue weighted by Crippen LogP contribution is -2.48. The van der Waals surface area contributed by atoms with E-state index in [1.807, 2.05) is 6.92 Å². The van der Waals surface area contributed by atoms with Crippen LogP contribution in [0.25, 0.3) is 0 Å². The molecule has 1 aliphatic carbocycles. The zero-order valence-corrected chi connectivity index (χ0v) is 10.2. The summed E-state index contributed by atoms with van der Waals surface area (Å²) in [6.45, 7) is 9.67. The molecule has 1 fully saturated rings. The van der Waals surface area contributed by atoms with Gasteiger partial charge < -0.3 is 5.32 Å². The number of hydrogen-bond acceptors (Lipinski definition) is 2. The minimum Gasteiger partial charge on any atom is -0.379 e. The first-order valence-corrected chi connectivity index (χ1v) is 5.88. The quantitative estimate of drug-likeness (QED) is 0.771. The molecule has 0 aliphatic heterocycles. The van der Waals surface area contributed by atoms with Crippen molar-refractivity contribution >= 4 is 5.78 Å². The van der Waals surface area contributed by atoms with E-state index in [4.69, 9.17) is 0 Å². The van der Waals surface area contributed by atoms with Gasteiger partial charge in [-0.15, -0.1) is 0 Å². The van der Waals surface area contributed by atoms with Gasteiger partial charge in [0.15, 0.2) is 5.78 Å². The molecule has 1 unspecified atom stereocenters. The summed E-state index contributed by atoms with van der Waals surface area (Å²) in [5.74, 6) is 0.238. The predicted octanol–water partition coefficient (Wildman–Crippen LogP) is 3.04. The Morgan fingerprint density at radius 2 is 1.80 bits per heavy atom. The average Bonchev–Trinajstić information content (AvgIpc) is 2.14. The lowest BCUT2D eigenvalue weighted by molar-refractivity contribution is -0.122. The van der Waals surface area contributed by atoms with Crippen molar-refractivity contribution in [2.24, 2.45) is 5.41 Å². The standard InChI is InChI=1S/C13H23NO/c1-10(2)14-12(11(3)15)13(4)8-6-5-7-9-13/h12,14H,1,5-9H2,2-4H3. The van der Waals surface area contributed by atoms with E-state index in [1.54, 1.807) is 6.92 Å². The van der Waals surface area contributed by atoms with Gasteiger partial charge in [-0.05, 0) is 32.1 Å². The first-order valence-electron chi connectivity index (χ1n) is 5.88. The molecule has 0 amide bonds. The van der Waals surface area contributed by atoms with Crippen LogP contribution in [0.2, 0.25) is 0 Å². The minimum absolute atomic E-state index is 0.0460. The number of carbonyl (C=O) groups excluding carboxylic acids is 1. The van der Waals surface area contributed by atoms with Crippen LogP contribution < -0.4 is 5.32 Å². The fourth-order valence-electron chi connectivity index (χ4n) is 2.66. The molecule has 0 saturated heterocycles. The molecule has 1 atom stereocenters.